The van der Waals surface area contributed by atoms with Crippen LogP contribution in [-0.2, 0) is 16.0 Å². The van der Waals surface area contributed by atoms with Crippen LogP contribution in [0.2, 0.25) is 0 Å². The fourth-order valence-corrected chi connectivity index (χ4v) is 3.35. The van der Waals surface area contributed by atoms with Crippen molar-refractivity contribution in [1.82, 2.24) is 10.3 Å². The Morgan fingerprint density at radius 1 is 1.19 bits per heavy atom. The molecule has 0 spiro atoms. The first-order valence-corrected chi connectivity index (χ1v) is 9.91. The minimum Gasteiger partial charge on any atom is -0.344 e. The van der Waals surface area contributed by atoms with Gasteiger partial charge in [-0.3, -0.25) is 9.59 Å². The average Bonchev–Trinajstić information content (AvgIpc) is 3.06. The van der Waals surface area contributed by atoms with Crippen LogP contribution in [0, 0.1) is 5.92 Å². The first-order chi connectivity index (χ1) is 12.4. The molecule has 0 radical (unpaired) electrons. The molecule has 6 heteroatoms. The number of unbranched alkanes of at least 4 members (excludes halogenated alkanes) is 1. The molecule has 0 aliphatic carbocycles. The van der Waals surface area contributed by atoms with Gasteiger partial charge in [0.1, 0.15) is 6.04 Å². The van der Waals surface area contributed by atoms with Crippen LogP contribution in [0.4, 0.5) is 5.13 Å². The Labute approximate surface area is 159 Å². The summed E-state index contributed by atoms with van der Waals surface area (Å²) in [5.41, 5.74) is 3.20. The van der Waals surface area contributed by atoms with E-state index in [9.17, 15) is 9.59 Å². The monoisotopic (exact) mass is 373 g/mol. The molecule has 2 aromatic rings. The van der Waals surface area contributed by atoms with Gasteiger partial charge < -0.3 is 10.6 Å². The molecule has 1 atom stereocenters. The molecule has 1 unspecified atom stereocenters. The number of aromatic nitrogens is 1. The zero-order valence-corrected chi connectivity index (χ0v) is 16.7. The second-order valence-corrected chi connectivity index (χ2v) is 7.61. The second kappa shape index (κ2) is 9.48. The molecule has 2 amide bonds. The van der Waals surface area contributed by atoms with E-state index in [0.29, 0.717) is 5.13 Å². The topological polar surface area (TPSA) is 71.1 Å². The number of hydrogen-bond acceptors (Lipinski definition) is 4. The van der Waals surface area contributed by atoms with Gasteiger partial charge in [0, 0.05) is 17.9 Å². The Hall–Kier alpha value is -2.21. The summed E-state index contributed by atoms with van der Waals surface area (Å²) in [7, 11) is 0. The van der Waals surface area contributed by atoms with E-state index >= 15 is 0 Å². The van der Waals surface area contributed by atoms with Gasteiger partial charge in [0.15, 0.2) is 5.13 Å². The lowest BCUT2D eigenvalue weighted by molar-refractivity contribution is -0.126. The summed E-state index contributed by atoms with van der Waals surface area (Å²) in [6.45, 7) is 7.39. The first-order valence-electron chi connectivity index (χ1n) is 9.03. The third kappa shape index (κ3) is 5.66. The van der Waals surface area contributed by atoms with Gasteiger partial charge >= 0.3 is 0 Å². The van der Waals surface area contributed by atoms with Crippen molar-refractivity contribution in [2.75, 3.05) is 5.32 Å². The zero-order chi connectivity index (χ0) is 19.1. The molecule has 26 heavy (non-hydrogen) atoms. The minimum atomic E-state index is -0.572. The lowest BCUT2D eigenvalue weighted by Crippen LogP contribution is -2.46. The molecule has 2 rings (SSSR count). The molecular formula is C20H27N3O2S. The summed E-state index contributed by atoms with van der Waals surface area (Å²) >= 11 is 1.38. The van der Waals surface area contributed by atoms with E-state index in [-0.39, 0.29) is 17.7 Å². The highest BCUT2D eigenvalue weighted by Gasteiger charge is 2.23. The van der Waals surface area contributed by atoms with E-state index in [2.05, 4.69) is 46.8 Å². The molecule has 0 saturated carbocycles. The third-order valence-corrected chi connectivity index (χ3v) is 4.87. The van der Waals surface area contributed by atoms with Crippen molar-refractivity contribution < 1.29 is 9.59 Å². The smallest absolute Gasteiger partial charge is 0.248 e. The normalized spacial score (nSPS) is 12.0. The Kier molecular flexibility index (Phi) is 7.33. The fraction of sp³-hybridized carbons (Fsp3) is 0.450. The maximum Gasteiger partial charge on any atom is 0.248 e. The van der Waals surface area contributed by atoms with Gasteiger partial charge in [-0.05, 0) is 24.3 Å². The van der Waals surface area contributed by atoms with Crippen LogP contribution in [0.5, 0.6) is 0 Å². The number of carbonyl (C=O) groups is 2. The van der Waals surface area contributed by atoms with Crippen LogP contribution < -0.4 is 10.6 Å². The number of hydrogen-bond donors (Lipinski definition) is 2. The summed E-state index contributed by atoms with van der Waals surface area (Å²) in [6, 6.07) is 7.83. The Bertz CT molecular complexity index is 738. The number of nitrogens with zero attached hydrogens (tertiary/aromatic N) is 1. The van der Waals surface area contributed by atoms with E-state index < -0.39 is 6.04 Å². The van der Waals surface area contributed by atoms with Crippen molar-refractivity contribution in [2.24, 2.45) is 5.92 Å². The van der Waals surface area contributed by atoms with Crippen LogP contribution in [0.15, 0.2) is 29.6 Å². The Morgan fingerprint density at radius 2 is 1.88 bits per heavy atom. The van der Waals surface area contributed by atoms with Crippen molar-refractivity contribution >= 4 is 28.3 Å². The SMILES string of the molecule is CCCCc1ccc(-c2csc(NC(=O)C(NC(C)=O)C(C)C)n2)cc1. The number of aryl methyl sites for hydroxylation is 1. The van der Waals surface area contributed by atoms with Gasteiger partial charge in [-0.15, -0.1) is 11.3 Å². The third-order valence-electron chi connectivity index (χ3n) is 4.11. The van der Waals surface area contributed by atoms with E-state index in [4.69, 9.17) is 0 Å². The van der Waals surface area contributed by atoms with E-state index in [0.717, 1.165) is 17.7 Å². The molecule has 0 aliphatic heterocycles. The molecular weight excluding hydrogens is 346 g/mol. The molecule has 1 aromatic carbocycles. The van der Waals surface area contributed by atoms with Gasteiger partial charge in [0.2, 0.25) is 11.8 Å². The summed E-state index contributed by atoms with van der Waals surface area (Å²) in [6.07, 6.45) is 3.47. The van der Waals surface area contributed by atoms with Crippen molar-refractivity contribution in [3.8, 4) is 11.3 Å². The van der Waals surface area contributed by atoms with E-state index in [1.54, 1.807) is 0 Å². The predicted molar refractivity (Wildman–Crippen MR) is 107 cm³/mol. The number of thiazole rings is 1. The maximum atomic E-state index is 12.4. The van der Waals surface area contributed by atoms with Crippen molar-refractivity contribution in [1.29, 1.82) is 0 Å². The van der Waals surface area contributed by atoms with Gasteiger partial charge in [-0.1, -0.05) is 51.5 Å². The summed E-state index contributed by atoms with van der Waals surface area (Å²) in [5.74, 6) is -0.471. The number of benzene rings is 1. The van der Waals surface area contributed by atoms with E-state index in [1.807, 2.05) is 19.2 Å². The van der Waals surface area contributed by atoms with Crippen molar-refractivity contribution in [2.45, 2.75) is 53.0 Å². The molecule has 1 heterocycles. The lowest BCUT2D eigenvalue weighted by Gasteiger charge is -2.20. The average molecular weight is 374 g/mol. The number of anilines is 1. The van der Waals surface area contributed by atoms with Crippen LogP contribution in [0.3, 0.4) is 0 Å². The molecule has 140 valence electrons. The standard InChI is InChI=1S/C20H27N3O2S/c1-5-6-7-15-8-10-16(11-9-15)17-12-26-20(22-17)23-19(25)18(13(2)3)21-14(4)24/h8-13,18H,5-7H2,1-4H3,(H,21,24)(H,22,23,25). The number of nitrogens with one attached hydrogen (secondary N) is 2. The van der Waals surface area contributed by atoms with E-state index in [1.165, 1.54) is 36.7 Å². The molecule has 0 bridgehead atoms. The highest BCUT2D eigenvalue weighted by molar-refractivity contribution is 7.14. The van der Waals surface area contributed by atoms with Gasteiger partial charge in [0.25, 0.3) is 0 Å². The van der Waals surface area contributed by atoms with Crippen LogP contribution >= 0.6 is 11.3 Å². The van der Waals surface area contributed by atoms with Gasteiger partial charge in [-0.2, -0.15) is 0 Å². The largest absolute Gasteiger partial charge is 0.344 e. The molecule has 0 fully saturated rings. The van der Waals surface area contributed by atoms with Crippen LogP contribution in [0.25, 0.3) is 11.3 Å². The highest BCUT2D eigenvalue weighted by atomic mass is 32.1. The molecule has 5 nitrogen and oxygen atoms in total. The van der Waals surface area contributed by atoms with Crippen molar-refractivity contribution in [3.05, 3.63) is 35.2 Å². The zero-order valence-electron chi connectivity index (χ0n) is 15.8. The lowest BCUT2D eigenvalue weighted by atomic mass is 10.0. The molecule has 0 saturated heterocycles. The number of rotatable bonds is 8. The Balaban J connectivity index is 2.04. The number of carbonyl (C=O) groups excluding carboxylic acids is 2. The molecule has 2 N–H and O–H groups in total. The molecule has 0 aliphatic rings. The van der Waals surface area contributed by atoms with Gasteiger partial charge in [-0.25, -0.2) is 4.98 Å². The summed E-state index contributed by atoms with van der Waals surface area (Å²) in [5, 5.41) is 7.97. The maximum absolute atomic E-state index is 12.4. The second-order valence-electron chi connectivity index (χ2n) is 6.75. The Morgan fingerprint density at radius 3 is 2.46 bits per heavy atom. The summed E-state index contributed by atoms with van der Waals surface area (Å²) in [4.78, 5) is 28.2. The predicted octanol–water partition coefficient (Wildman–Crippen LogP) is 4.25. The highest BCUT2D eigenvalue weighted by Crippen LogP contribution is 2.25. The van der Waals surface area contributed by atoms with Crippen molar-refractivity contribution in [3.63, 3.8) is 0 Å². The molecule has 1 aromatic heterocycles. The van der Waals surface area contributed by atoms with Crippen LogP contribution in [-0.4, -0.2) is 22.8 Å². The quantitative estimate of drug-likeness (QED) is 0.726. The fourth-order valence-electron chi connectivity index (χ4n) is 2.62. The van der Waals surface area contributed by atoms with Crippen LogP contribution in [0.1, 0.15) is 46.1 Å². The first kappa shape index (κ1) is 20.1. The number of amides is 2. The minimum absolute atomic E-state index is 0.00556. The summed E-state index contributed by atoms with van der Waals surface area (Å²) < 4.78 is 0. The van der Waals surface area contributed by atoms with Gasteiger partial charge in [0.05, 0.1) is 5.69 Å².